The van der Waals surface area contributed by atoms with Gasteiger partial charge in [-0.3, -0.25) is 4.72 Å². The third-order valence-electron chi connectivity index (χ3n) is 5.99. The molecule has 1 saturated carbocycles. The summed E-state index contributed by atoms with van der Waals surface area (Å²) in [6.45, 7) is 1.78. The first-order valence-corrected chi connectivity index (χ1v) is 12.4. The van der Waals surface area contributed by atoms with Gasteiger partial charge in [0.2, 0.25) is 0 Å². The van der Waals surface area contributed by atoms with Gasteiger partial charge < -0.3 is 20.1 Å². The van der Waals surface area contributed by atoms with E-state index in [1.807, 2.05) is 19.0 Å². The molecule has 178 valence electrons. The van der Waals surface area contributed by atoms with Crippen molar-refractivity contribution in [1.82, 2.24) is 4.90 Å². The normalized spacial score (nSPS) is 18.8. The third kappa shape index (κ3) is 5.06. The zero-order chi connectivity index (χ0) is 23.8. The lowest BCUT2D eigenvalue weighted by Gasteiger charge is -2.21. The molecular formula is C23H28FN3O5S. The maximum atomic E-state index is 13.9. The van der Waals surface area contributed by atoms with Gasteiger partial charge in [0, 0.05) is 12.5 Å². The molecule has 4 rings (SSSR count). The number of hydrogen-bond acceptors (Lipinski definition) is 6. The van der Waals surface area contributed by atoms with E-state index >= 15 is 0 Å². The van der Waals surface area contributed by atoms with Crippen LogP contribution in [0.5, 0.6) is 5.75 Å². The maximum absolute atomic E-state index is 13.9. The van der Waals surface area contributed by atoms with Crippen LogP contribution in [0.3, 0.4) is 0 Å². The number of benzene rings is 2. The molecule has 0 aromatic heterocycles. The minimum absolute atomic E-state index is 0.0818. The highest BCUT2D eigenvalue weighted by atomic mass is 32.2. The van der Waals surface area contributed by atoms with E-state index < -0.39 is 21.8 Å². The molecule has 1 heterocycles. The first-order valence-electron chi connectivity index (χ1n) is 10.9. The van der Waals surface area contributed by atoms with E-state index in [9.17, 15) is 22.7 Å². The van der Waals surface area contributed by atoms with Crippen LogP contribution in [0.15, 0.2) is 35.2 Å². The van der Waals surface area contributed by atoms with Crippen LogP contribution in [-0.2, 0) is 10.0 Å². The van der Waals surface area contributed by atoms with Crippen LogP contribution in [-0.4, -0.2) is 58.2 Å². The number of carboxylic acids is 1. The molecule has 0 radical (unpaired) electrons. The van der Waals surface area contributed by atoms with Crippen LogP contribution in [0.2, 0.25) is 0 Å². The largest absolute Gasteiger partial charge is 0.492 e. The summed E-state index contributed by atoms with van der Waals surface area (Å²) in [5.41, 5.74) is 0.635. The van der Waals surface area contributed by atoms with E-state index in [0.29, 0.717) is 19.1 Å². The fourth-order valence-corrected chi connectivity index (χ4v) is 5.43. The molecule has 33 heavy (non-hydrogen) atoms. The molecule has 0 bridgehead atoms. The highest BCUT2D eigenvalue weighted by Gasteiger charge is 2.45. The molecule has 2 aliphatic rings. The van der Waals surface area contributed by atoms with Crippen molar-refractivity contribution in [3.63, 3.8) is 0 Å². The highest BCUT2D eigenvalue weighted by Crippen LogP contribution is 2.55. The molecule has 0 amide bonds. The van der Waals surface area contributed by atoms with Crippen molar-refractivity contribution in [2.24, 2.45) is 5.92 Å². The van der Waals surface area contributed by atoms with E-state index in [4.69, 9.17) is 4.74 Å². The molecule has 0 spiro atoms. The second kappa shape index (κ2) is 9.18. The average Bonchev–Trinajstić information content (AvgIpc) is 3.52. The Morgan fingerprint density at radius 1 is 1.21 bits per heavy atom. The summed E-state index contributed by atoms with van der Waals surface area (Å²) in [6.07, 6.45) is 2.61. The second-order valence-corrected chi connectivity index (χ2v) is 10.5. The molecule has 8 nitrogen and oxygen atoms in total. The fourth-order valence-electron chi connectivity index (χ4n) is 4.20. The summed E-state index contributed by atoms with van der Waals surface area (Å²) in [6, 6.07) is 6.54. The Balaban J connectivity index is 1.59. The van der Waals surface area contributed by atoms with Crippen molar-refractivity contribution >= 4 is 27.4 Å². The summed E-state index contributed by atoms with van der Waals surface area (Å²) < 4.78 is 48.4. The molecule has 1 aliphatic carbocycles. The quantitative estimate of drug-likeness (QED) is 0.449. The lowest BCUT2D eigenvalue weighted by molar-refractivity contribution is 0.0692. The number of carboxylic acid groups (broad SMARTS) is 1. The van der Waals surface area contributed by atoms with Crippen molar-refractivity contribution in [3.05, 3.63) is 47.3 Å². The predicted molar refractivity (Wildman–Crippen MR) is 123 cm³/mol. The van der Waals surface area contributed by atoms with Gasteiger partial charge in [0.25, 0.3) is 10.0 Å². The molecule has 2 aromatic carbocycles. The molecule has 3 N–H and O–H groups in total. The van der Waals surface area contributed by atoms with E-state index in [1.54, 1.807) is 6.07 Å². The van der Waals surface area contributed by atoms with Crippen molar-refractivity contribution < 1.29 is 27.4 Å². The molecule has 1 aliphatic heterocycles. The minimum Gasteiger partial charge on any atom is -0.492 e. The van der Waals surface area contributed by atoms with Crippen LogP contribution in [0, 0.1) is 11.7 Å². The van der Waals surface area contributed by atoms with Gasteiger partial charge in [-0.1, -0.05) is 6.07 Å². The number of sulfonamides is 1. The molecule has 2 unspecified atom stereocenters. The Labute approximate surface area is 192 Å². The Morgan fingerprint density at radius 3 is 2.73 bits per heavy atom. The lowest BCUT2D eigenvalue weighted by atomic mass is 10.0. The zero-order valence-corrected chi connectivity index (χ0v) is 19.4. The van der Waals surface area contributed by atoms with Crippen LogP contribution < -0.4 is 14.8 Å². The number of hydrogen-bond donors (Lipinski definition) is 3. The Morgan fingerprint density at radius 2 is 2.00 bits per heavy atom. The third-order valence-corrected chi connectivity index (χ3v) is 7.41. The summed E-state index contributed by atoms with van der Waals surface area (Å²) in [4.78, 5) is 13.9. The lowest BCUT2D eigenvalue weighted by Crippen LogP contribution is -2.20. The summed E-state index contributed by atoms with van der Waals surface area (Å²) in [7, 11) is -0.271. The van der Waals surface area contributed by atoms with Gasteiger partial charge in [0.05, 0.1) is 18.0 Å². The van der Waals surface area contributed by atoms with Gasteiger partial charge in [-0.15, -0.1) is 0 Å². The predicted octanol–water partition coefficient (Wildman–Crippen LogP) is 3.57. The zero-order valence-electron chi connectivity index (χ0n) is 18.6. The summed E-state index contributed by atoms with van der Waals surface area (Å²) in [5.74, 6) is -0.968. The molecule has 2 atom stereocenters. The molecule has 2 aromatic rings. The van der Waals surface area contributed by atoms with Gasteiger partial charge in [-0.05, 0) is 75.6 Å². The molecule has 10 heteroatoms. The number of nitrogens with one attached hydrogen (secondary N) is 2. The number of rotatable bonds is 10. The summed E-state index contributed by atoms with van der Waals surface area (Å²) >= 11 is 0. The second-order valence-electron chi connectivity index (χ2n) is 8.81. The van der Waals surface area contributed by atoms with Gasteiger partial charge in [0.15, 0.2) is 0 Å². The fraction of sp³-hybridized carbons (Fsp3) is 0.435. The monoisotopic (exact) mass is 477 g/mol. The average molecular weight is 478 g/mol. The van der Waals surface area contributed by atoms with Crippen molar-refractivity contribution in [3.8, 4) is 5.75 Å². The number of aromatic carboxylic acids is 1. The minimum atomic E-state index is -4.21. The topological polar surface area (TPSA) is 108 Å². The number of ether oxygens (including phenoxy) is 1. The van der Waals surface area contributed by atoms with E-state index in [-0.39, 0.29) is 33.5 Å². The summed E-state index contributed by atoms with van der Waals surface area (Å²) in [5, 5.41) is 12.8. The number of unbranched alkanes of at least 4 members (excludes halogenated alkanes) is 1. The molecular weight excluding hydrogens is 449 g/mol. The maximum Gasteiger partial charge on any atom is 0.341 e. The van der Waals surface area contributed by atoms with Crippen LogP contribution in [0.1, 0.15) is 41.1 Å². The smallest absolute Gasteiger partial charge is 0.341 e. The standard InChI is InChI=1S/C23H28FN3O5S/c1-27(2)10-4-3-9-25-19-12-15(24)5-8-20(19)33(30,31)26-18-7-6-16-17-11-14(17)13-32-22(16)21(18)23(28)29/h5-8,12,14,17,25-26H,3-4,9-11,13H2,1-2H3,(H,28,29). The van der Waals surface area contributed by atoms with Crippen molar-refractivity contribution in [2.45, 2.75) is 30.1 Å². The number of carbonyl (C=O) groups is 1. The highest BCUT2D eigenvalue weighted by molar-refractivity contribution is 7.92. The van der Waals surface area contributed by atoms with Gasteiger partial charge in [-0.25, -0.2) is 17.6 Å². The van der Waals surface area contributed by atoms with Gasteiger partial charge in [-0.2, -0.15) is 0 Å². The number of fused-ring (bicyclic) bond motifs is 3. The SMILES string of the molecule is CN(C)CCCCNc1cc(F)ccc1S(=O)(=O)Nc1ccc2c(c1C(=O)O)OCC1CC21. The first-order chi connectivity index (χ1) is 15.7. The van der Waals surface area contributed by atoms with Gasteiger partial charge >= 0.3 is 5.97 Å². The number of anilines is 2. The van der Waals surface area contributed by atoms with Crippen LogP contribution >= 0.6 is 0 Å². The van der Waals surface area contributed by atoms with Crippen LogP contribution in [0.25, 0.3) is 0 Å². The number of halogens is 1. The molecule has 0 saturated heterocycles. The Bertz CT molecular complexity index is 1170. The van der Waals surface area contributed by atoms with Gasteiger partial charge in [0.1, 0.15) is 22.0 Å². The molecule has 1 fully saturated rings. The van der Waals surface area contributed by atoms with Crippen LogP contribution in [0.4, 0.5) is 15.8 Å². The van der Waals surface area contributed by atoms with E-state index in [0.717, 1.165) is 43.5 Å². The number of nitrogens with zero attached hydrogens (tertiary/aromatic N) is 1. The van der Waals surface area contributed by atoms with E-state index in [2.05, 4.69) is 10.0 Å². The Kier molecular flexibility index (Phi) is 6.49. The van der Waals surface area contributed by atoms with Crippen molar-refractivity contribution in [1.29, 1.82) is 0 Å². The van der Waals surface area contributed by atoms with E-state index in [1.165, 1.54) is 12.1 Å². The Hall–Kier alpha value is -2.85. The first kappa shape index (κ1) is 23.3. The van der Waals surface area contributed by atoms with Crippen molar-refractivity contribution in [2.75, 3.05) is 43.8 Å².